The quantitative estimate of drug-likeness (QED) is 0.680. The fourth-order valence-corrected chi connectivity index (χ4v) is 3.69. The zero-order valence-corrected chi connectivity index (χ0v) is 14.5. The summed E-state index contributed by atoms with van der Waals surface area (Å²) in [5.41, 5.74) is -0.745. The number of methoxy groups -OCH3 is 1. The molecule has 0 atom stereocenters. The molecule has 142 valence electrons. The van der Waals surface area contributed by atoms with E-state index in [2.05, 4.69) is 4.98 Å². The number of nitrogens with zero attached hydrogens (tertiary/aromatic N) is 2. The van der Waals surface area contributed by atoms with Gasteiger partial charge in [0.1, 0.15) is 10.7 Å². The predicted molar refractivity (Wildman–Crippen MR) is 85.1 cm³/mol. The average Bonchev–Trinajstić information content (AvgIpc) is 2.58. The van der Waals surface area contributed by atoms with Crippen molar-refractivity contribution in [3.05, 3.63) is 59.7 Å². The Bertz CT molecular complexity index is 842. The normalized spacial score (nSPS) is 12.5. The van der Waals surface area contributed by atoms with Gasteiger partial charge in [0.25, 0.3) is 0 Å². The number of halogens is 4. The monoisotopic (exact) mass is 392 g/mol. The minimum Gasteiger partial charge on any atom is -0.383 e. The van der Waals surface area contributed by atoms with Crippen molar-refractivity contribution in [2.75, 3.05) is 20.3 Å². The summed E-state index contributed by atoms with van der Waals surface area (Å²) in [5.74, 6) is -1.26. The molecule has 0 fully saturated rings. The number of pyridine rings is 1. The first-order valence-electron chi connectivity index (χ1n) is 7.41. The highest BCUT2D eigenvalue weighted by Crippen LogP contribution is 2.32. The highest BCUT2D eigenvalue weighted by Gasteiger charge is 2.34. The van der Waals surface area contributed by atoms with E-state index in [1.807, 2.05) is 0 Å². The van der Waals surface area contributed by atoms with Gasteiger partial charge in [-0.15, -0.1) is 0 Å². The number of hydrogen-bond acceptors (Lipinski definition) is 4. The average molecular weight is 392 g/mol. The molecule has 0 aliphatic rings. The van der Waals surface area contributed by atoms with Gasteiger partial charge < -0.3 is 4.74 Å². The number of ether oxygens (including phenoxy) is 1. The molecule has 1 aromatic carbocycles. The SMILES string of the molecule is COCCN(Cc1cccnc1)S(=O)(=O)c1cc(C(F)(F)F)ccc1F. The third kappa shape index (κ3) is 4.77. The molecule has 2 rings (SSSR count). The van der Waals surface area contributed by atoms with Crippen LogP contribution in [0.1, 0.15) is 11.1 Å². The molecule has 0 amide bonds. The van der Waals surface area contributed by atoms with Crippen molar-refractivity contribution in [3.63, 3.8) is 0 Å². The van der Waals surface area contributed by atoms with Crippen molar-refractivity contribution in [1.82, 2.24) is 9.29 Å². The molecule has 0 radical (unpaired) electrons. The third-order valence-electron chi connectivity index (χ3n) is 3.50. The Morgan fingerprint density at radius 3 is 2.54 bits per heavy atom. The molecule has 5 nitrogen and oxygen atoms in total. The van der Waals surface area contributed by atoms with Crippen LogP contribution in [0.4, 0.5) is 17.6 Å². The lowest BCUT2D eigenvalue weighted by Crippen LogP contribution is -2.34. The summed E-state index contributed by atoms with van der Waals surface area (Å²) in [4.78, 5) is 2.83. The van der Waals surface area contributed by atoms with E-state index in [0.717, 1.165) is 4.31 Å². The summed E-state index contributed by atoms with van der Waals surface area (Å²) in [6.07, 6.45) is -1.89. The molecule has 2 aromatic rings. The first-order chi connectivity index (χ1) is 12.2. The summed E-state index contributed by atoms with van der Waals surface area (Å²) < 4.78 is 84.0. The Balaban J connectivity index is 2.46. The van der Waals surface area contributed by atoms with Gasteiger partial charge in [0, 0.05) is 32.6 Å². The summed E-state index contributed by atoms with van der Waals surface area (Å²) in [7, 11) is -3.19. The summed E-state index contributed by atoms with van der Waals surface area (Å²) in [6.45, 7) is -0.362. The number of aromatic nitrogens is 1. The fraction of sp³-hybridized carbons (Fsp3) is 0.312. The Morgan fingerprint density at radius 2 is 1.96 bits per heavy atom. The van der Waals surface area contributed by atoms with Crippen LogP contribution in [0.25, 0.3) is 0 Å². The Morgan fingerprint density at radius 1 is 1.23 bits per heavy atom. The highest BCUT2D eigenvalue weighted by atomic mass is 32.2. The molecule has 0 aliphatic carbocycles. The smallest absolute Gasteiger partial charge is 0.383 e. The molecular formula is C16H16F4N2O3S. The molecular weight excluding hydrogens is 376 g/mol. The Hall–Kier alpha value is -2.04. The van der Waals surface area contributed by atoms with Gasteiger partial charge in [-0.1, -0.05) is 6.07 Å². The molecule has 0 spiro atoms. The van der Waals surface area contributed by atoms with Gasteiger partial charge in [-0.2, -0.15) is 17.5 Å². The van der Waals surface area contributed by atoms with Crippen LogP contribution in [-0.4, -0.2) is 38.0 Å². The van der Waals surface area contributed by atoms with Gasteiger partial charge in [-0.25, -0.2) is 12.8 Å². The molecule has 1 heterocycles. The fourth-order valence-electron chi connectivity index (χ4n) is 2.19. The van der Waals surface area contributed by atoms with Gasteiger partial charge in [-0.3, -0.25) is 4.98 Å². The maximum absolute atomic E-state index is 14.1. The van der Waals surface area contributed by atoms with Crippen LogP contribution in [0.15, 0.2) is 47.6 Å². The van der Waals surface area contributed by atoms with E-state index in [1.165, 1.54) is 19.5 Å². The molecule has 0 N–H and O–H groups in total. The van der Waals surface area contributed by atoms with Crippen LogP contribution in [-0.2, 0) is 27.5 Å². The number of alkyl halides is 3. The van der Waals surface area contributed by atoms with Crippen LogP contribution >= 0.6 is 0 Å². The molecule has 0 saturated carbocycles. The van der Waals surface area contributed by atoms with Crippen molar-refractivity contribution >= 4 is 10.0 Å². The molecule has 0 saturated heterocycles. The second-order valence-corrected chi connectivity index (χ2v) is 7.24. The summed E-state index contributed by atoms with van der Waals surface area (Å²) >= 11 is 0. The highest BCUT2D eigenvalue weighted by molar-refractivity contribution is 7.89. The maximum Gasteiger partial charge on any atom is 0.416 e. The van der Waals surface area contributed by atoms with Gasteiger partial charge in [0.15, 0.2) is 0 Å². The maximum atomic E-state index is 14.1. The van der Waals surface area contributed by atoms with E-state index in [1.54, 1.807) is 12.1 Å². The van der Waals surface area contributed by atoms with Crippen LogP contribution in [0.2, 0.25) is 0 Å². The van der Waals surface area contributed by atoms with Crippen LogP contribution in [0, 0.1) is 5.82 Å². The van der Waals surface area contributed by atoms with Gasteiger partial charge >= 0.3 is 6.18 Å². The van der Waals surface area contributed by atoms with Crippen molar-refractivity contribution < 1.29 is 30.7 Å². The van der Waals surface area contributed by atoms with E-state index in [-0.39, 0.29) is 19.7 Å². The van der Waals surface area contributed by atoms with Crippen molar-refractivity contribution in [1.29, 1.82) is 0 Å². The minimum atomic E-state index is -4.79. The molecule has 0 unspecified atom stereocenters. The second-order valence-electron chi connectivity index (χ2n) is 5.34. The molecule has 26 heavy (non-hydrogen) atoms. The number of hydrogen-bond donors (Lipinski definition) is 0. The predicted octanol–water partition coefficient (Wildman–Crippen LogP) is 3.08. The topological polar surface area (TPSA) is 59.5 Å². The van der Waals surface area contributed by atoms with Gasteiger partial charge in [0.2, 0.25) is 10.0 Å². The lowest BCUT2D eigenvalue weighted by Gasteiger charge is -2.22. The van der Waals surface area contributed by atoms with E-state index in [9.17, 15) is 26.0 Å². The van der Waals surface area contributed by atoms with Crippen molar-refractivity contribution in [2.24, 2.45) is 0 Å². The minimum absolute atomic E-state index is 0.0138. The van der Waals surface area contributed by atoms with Crippen LogP contribution < -0.4 is 0 Å². The number of rotatable bonds is 7. The molecule has 0 bridgehead atoms. The first-order valence-corrected chi connectivity index (χ1v) is 8.85. The number of sulfonamides is 1. The third-order valence-corrected chi connectivity index (χ3v) is 5.36. The van der Waals surface area contributed by atoms with E-state index >= 15 is 0 Å². The molecule has 1 aromatic heterocycles. The van der Waals surface area contributed by atoms with Crippen molar-refractivity contribution in [2.45, 2.75) is 17.6 Å². The second kappa shape index (κ2) is 8.11. The first kappa shape index (κ1) is 20.3. The van der Waals surface area contributed by atoms with Gasteiger partial charge in [-0.05, 0) is 29.8 Å². The number of benzene rings is 1. The van der Waals surface area contributed by atoms with Crippen molar-refractivity contribution in [3.8, 4) is 0 Å². The molecule has 0 aliphatic heterocycles. The van der Waals surface area contributed by atoms with Crippen LogP contribution in [0.5, 0.6) is 0 Å². The standard InChI is InChI=1S/C16H16F4N2O3S/c1-25-8-7-22(11-12-3-2-6-21-10-12)26(23,24)15-9-13(16(18,19)20)4-5-14(15)17/h2-6,9-10H,7-8,11H2,1H3. The molecule has 10 heteroatoms. The lowest BCUT2D eigenvalue weighted by atomic mass is 10.2. The van der Waals surface area contributed by atoms with Gasteiger partial charge in [0.05, 0.1) is 12.2 Å². The summed E-state index contributed by atoms with van der Waals surface area (Å²) in [6, 6.07) is 4.48. The van der Waals surface area contributed by atoms with E-state index < -0.39 is 32.5 Å². The van der Waals surface area contributed by atoms with Crippen LogP contribution in [0.3, 0.4) is 0 Å². The Labute approximate surface area is 148 Å². The van der Waals surface area contributed by atoms with E-state index in [4.69, 9.17) is 4.74 Å². The lowest BCUT2D eigenvalue weighted by molar-refractivity contribution is -0.137. The van der Waals surface area contributed by atoms with E-state index in [0.29, 0.717) is 23.8 Å². The zero-order valence-electron chi connectivity index (χ0n) is 13.7. The summed E-state index contributed by atoms with van der Waals surface area (Å²) in [5, 5.41) is 0. The Kier molecular flexibility index (Phi) is 6.32. The zero-order chi connectivity index (χ0) is 19.4. The largest absolute Gasteiger partial charge is 0.416 e.